The summed E-state index contributed by atoms with van der Waals surface area (Å²) in [4.78, 5) is 23.4. The Hall–Kier alpha value is -0.950. The number of unbranched alkanes of at least 4 members (excludes halogenated alkanes) is 1. The maximum absolute atomic E-state index is 11.9. The van der Waals surface area contributed by atoms with Crippen molar-refractivity contribution in [1.82, 2.24) is 5.32 Å². The van der Waals surface area contributed by atoms with Gasteiger partial charge in [-0.05, 0) is 24.9 Å². The molecule has 6 nitrogen and oxygen atoms in total. The second-order valence-corrected chi connectivity index (χ2v) is 5.11. The second kappa shape index (κ2) is 13.1. The topological polar surface area (TPSA) is 73.9 Å². The van der Waals surface area contributed by atoms with Gasteiger partial charge in [0.15, 0.2) is 0 Å². The number of hydrogen-bond acceptors (Lipinski definition) is 6. The number of hydrogen-bond donors (Lipinski definition) is 1. The molecule has 0 fully saturated rings. The van der Waals surface area contributed by atoms with Crippen LogP contribution < -0.4 is 5.32 Å². The number of alkyl carbamates (subject to hydrolysis) is 1. The summed E-state index contributed by atoms with van der Waals surface area (Å²) < 4.78 is 14.8. The minimum absolute atomic E-state index is 0.155. The summed E-state index contributed by atoms with van der Waals surface area (Å²) >= 11 is 1.60. The van der Waals surface area contributed by atoms with Crippen LogP contribution in [0.4, 0.5) is 4.79 Å². The lowest BCUT2D eigenvalue weighted by Gasteiger charge is -2.17. The molecule has 0 rings (SSSR count). The average Bonchev–Trinajstić information content (AvgIpc) is 2.43. The molecule has 1 unspecified atom stereocenters. The van der Waals surface area contributed by atoms with Crippen LogP contribution in [0.3, 0.4) is 0 Å². The van der Waals surface area contributed by atoms with Gasteiger partial charge in [-0.15, -0.1) is 0 Å². The van der Waals surface area contributed by atoms with E-state index in [-0.39, 0.29) is 6.61 Å². The molecular weight excluding hydrogens is 282 g/mol. The molecular formula is C13H25NO5S. The Bertz CT molecular complexity index is 275. The van der Waals surface area contributed by atoms with Crippen molar-refractivity contribution in [3.8, 4) is 0 Å². The monoisotopic (exact) mass is 307 g/mol. The van der Waals surface area contributed by atoms with Crippen molar-refractivity contribution in [3.05, 3.63) is 0 Å². The number of nitrogens with one attached hydrogen (secondary N) is 1. The zero-order valence-electron chi connectivity index (χ0n) is 12.5. The molecule has 7 heteroatoms. The van der Waals surface area contributed by atoms with E-state index in [9.17, 15) is 9.59 Å². The Morgan fingerprint density at radius 1 is 1.20 bits per heavy atom. The van der Waals surface area contributed by atoms with Gasteiger partial charge in [0, 0.05) is 7.11 Å². The van der Waals surface area contributed by atoms with E-state index in [4.69, 9.17) is 14.2 Å². The Morgan fingerprint density at radius 3 is 2.55 bits per heavy atom. The molecule has 0 aromatic carbocycles. The van der Waals surface area contributed by atoms with Gasteiger partial charge in [0.25, 0.3) is 0 Å². The normalized spacial score (nSPS) is 11.8. The van der Waals surface area contributed by atoms with E-state index in [0.29, 0.717) is 19.6 Å². The van der Waals surface area contributed by atoms with Gasteiger partial charge in [-0.25, -0.2) is 9.59 Å². The quantitative estimate of drug-likeness (QED) is 0.464. The van der Waals surface area contributed by atoms with Gasteiger partial charge in [0.1, 0.15) is 12.6 Å². The van der Waals surface area contributed by atoms with Crippen molar-refractivity contribution in [3.63, 3.8) is 0 Å². The largest absolute Gasteiger partial charge is 0.464 e. The number of rotatable bonds is 11. The highest BCUT2D eigenvalue weighted by Gasteiger charge is 2.22. The number of carbonyl (C=O) groups is 2. The molecule has 0 saturated carbocycles. The van der Waals surface area contributed by atoms with Crippen LogP contribution in [0.1, 0.15) is 26.2 Å². The molecule has 1 N–H and O–H groups in total. The lowest BCUT2D eigenvalue weighted by atomic mass is 10.2. The van der Waals surface area contributed by atoms with Crippen LogP contribution in [0.15, 0.2) is 0 Å². The van der Waals surface area contributed by atoms with Crippen LogP contribution >= 0.6 is 11.8 Å². The minimum atomic E-state index is -0.658. The second-order valence-electron chi connectivity index (χ2n) is 4.13. The summed E-state index contributed by atoms with van der Waals surface area (Å²) in [5.41, 5.74) is 0. The Balaban J connectivity index is 4.17. The van der Waals surface area contributed by atoms with Crippen molar-refractivity contribution in [2.75, 3.05) is 38.9 Å². The van der Waals surface area contributed by atoms with Gasteiger partial charge in [0.2, 0.25) is 0 Å². The van der Waals surface area contributed by atoms with Crippen LogP contribution in [0, 0.1) is 0 Å². The van der Waals surface area contributed by atoms with E-state index in [1.54, 1.807) is 11.8 Å². The molecule has 0 spiro atoms. The molecule has 0 aromatic rings. The molecule has 0 aromatic heterocycles. The van der Waals surface area contributed by atoms with E-state index in [0.717, 1.165) is 18.6 Å². The van der Waals surface area contributed by atoms with E-state index >= 15 is 0 Å². The Morgan fingerprint density at radius 2 is 1.95 bits per heavy atom. The van der Waals surface area contributed by atoms with Gasteiger partial charge < -0.3 is 19.5 Å². The molecule has 118 valence electrons. The molecule has 0 saturated heterocycles. The predicted octanol–water partition coefficient (Wildman–Crippen LogP) is 1.82. The molecule has 20 heavy (non-hydrogen) atoms. The molecule has 0 aliphatic rings. The van der Waals surface area contributed by atoms with Gasteiger partial charge >= 0.3 is 12.1 Å². The number of ether oxygens (including phenoxy) is 3. The minimum Gasteiger partial charge on any atom is -0.464 e. The van der Waals surface area contributed by atoms with E-state index in [2.05, 4.69) is 5.32 Å². The van der Waals surface area contributed by atoms with Crippen molar-refractivity contribution in [2.24, 2.45) is 0 Å². The highest BCUT2D eigenvalue weighted by atomic mass is 32.2. The lowest BCUT2D eigenvalue weighted by molar-refractivity contribution is -0.146. The van der Waals surface area contributed by atoms with Crippen molar-refractivity contribution >= 4 is 23.8 Å². The zero-order valence-corrected chi connectivity index (χ0v) is 13.3. The van der Waals surface area contributed by atoms with E-state index in [1.807, 2.05) is 13.2 Å². The first-order chi connectivity index (χ1) is 9.65. The Labute approximate surface area is 124 Å². The summed E-state index contributed by atoms with van der Waals surface area (Å²) in [7, 11) is 1.52. The fourth-order valence-corrected chi connectivity index (χ4v) is 1.78. The van der Waals surface area contributed by atoms with Crippen LogP contribution in [0.5, 0.6) is 0 Å². The van der Waals surface area contributed by atoms with Crippen LogP contribution in [0.2, 0.25) is 0 Å². The van der Waals surface area contributed by atoms with Crippen LogP contribution in [0.25, 0.3) is 0 Å². The fourth-order valence-electron chi connectivity index (χ4n) is 1.30. The molecule has 0 aliphatic heterocycles. The van der Waals surface area contributed by atoms with Crippen LogP contribution in [-0.2, 0) is 19.0 Å². The zero-order chi connectivity index (χ0) is 15.2. The summed E-state index contributed by atoms with van der Waals surface area (Å²) in [6, 6.07) is -0.658. The number of esters is 1. The fraction of sp³-hybridized carbons (Fsp3) is 0.846. The van der Waals surface area contributed by atoms with Gasteiger partial charge in [-0.3, -0.25) is 0 Å². The lowest BCUT2D eigenvalue weighted by Crippen LogP contribution is -2.42. The summed E-state index contributed by atoms with van der Waals surface area (Å²) in [5.74, 6) is 0.350. The third-order valence-corrected chi connectivity index (χ3v) is 3.09. The Kier molecular flexibility index (Phi) is 12.4. The van der Waals surface area contributed by atoms with Crippen LogP contribution in [-0.4, -0.2) is 57.0 Å². The predicted molar refractivity (Wildman–Crippen MR) is 79.0 cm³/mol. The van der Waals surface area contributed by atoms with Gasteiger partial charge in [-0.2, -0.15) is 11.8 Å². The molecule has 0 bridgehead atoms. The number of thioether (sulfide) groups is 1. The first kappa shape index (κ1) is 19.1. The molecule has 1 amide bonds. The number of carbonyl (C=O) groups excluding carboxylic acids is 2. The maximum Gasteiger partial charge on any atom is 0.407 e. The SMILES string of the molecule is CCCCOC(=O)C(CCSC)NC(=O)OCCOC. The third kappa shape index (κ3) is 9.91. The maximum atomic E-state index is 11.9. The first-order valence-corrected chi connectivity index (χ1v) is 8.12. The summed E-state index contributed by atoms with van der Waals surface area (Å²) in [6.07, 6.45) is 3.61. The number of methoxy groups -OCH3 is 1. The standard InChI is InChI=1S/C13H25NO5S/c1-4-5-7-18-12(15)11(6-10-20-3)14-13(16)19-9-8-17-2/h11H,4-10H2,1-3H3,(H,14,16). The van der Waals surface area contributed by atoms with Crippen molar-refractivity contribution in [2.45, 2.75) is 32.2 Å². The van der Waals surface area contributed by atoms with Gasteiger partial charge in [0.05, 0.1) is 13.2 Å². The number of amides is 1. The van der Waals surface area contributed by atoms with E-state index < -0.39 is 18.1 Å². The smallest absolute Gasteiger partial charge is 0.407 e. The highest BCUT2D eigenvalue weighted by molar-refractivity contribution is 7.98. The molecule has 0 radical (unpaired) electrons. The van der Waals surface area contributed by atoms with Crippen molar-refractivity contribution in [1.29, 1.82) is 0 Å². The van der Waals surface area contributed by atoms with Gasteiger partial charge in [-0.1, -0.05) is 13.3 Å². The molecule has 0 aliphatic carbocycles. The average molecular weight is 307 g/mol. The highest BCUT2D eigenvalue weighted by Crippen LogP contribution is 2.04. The molecule has 1 atom stereocenters. The third-order valence-electron chi connectivity index (χ3n) is 2.45. The summed E-state index contributed by atoms with van der Waals surface area (Å²) in [6.45, 7) is 2.88. The summed E-state index contributed by atoms with van der Waals surface area (Å²) in [5, 5.41) is 2.53. The first-order valence-electron chi connectivity index (χ1n) is 6.73. The van der Waals surface area contributed by atoms with Crippen molar-refractivity contribution < 1.29 is 23.8 Å². The molecule has 0 heterocycles. The van der Waals surface area contributed by atoms with E-state index in [1.165, 1.54) is 7.11 Å².